The molecule has 4 heteroatoms. The van der Waals surface area contributed by atoms with E-state index < -0.39 is 5.91 Å². The maximum atomic E-state index is 11.0. The highest BCUT2D eigenvalue weighted by Crippen LogP contribution is 2.15. The molecule has 1 amide bonds. The van der Waals surface area contributed by atoms with Crippen molar-refractivity contribution in [1.29, 1.82) is 0 Å². The number of carbonyl (C=O) groups excluding carboxylic acids is 1. The number of nitrogens with zero attached hydrogens (tertiary/aromatic N) is 1. The molecular formula is C9H12N2O2. The number of methoxy groups -OCH3 is 1. The first-order chi connectivity index (χ1) is 6.19. The Hall–Kier alpha value is -1.58. The van der Waals surface area contributed by atoms with Gasteiger partial charge in [0.25, 0.3) is 5.91 Å². The van der Waals surface area contributed by atoms with E-state index in [9.17, 15) is 4.79 Å². The molecule has 0 saturated heterocycles. The fourth-order valence-electron chi connectivity index (χ4n) is 1.03. The van der Waals surface area contributed by atoms with E-state index in [0.717, 1.165) is 12.0 Å². The van der Waals surface area contributed by atoms with Crippen molar-refractivity contribution in [3.8, 4) is 5.88 Å². The van der Waals surface area contributed by atoms with Crippen molar-refractivity contribution in [2.75, 3.05) is 7.11 Å². The fraction of sp³-hybridized carbons (Fsp3) is 0.333. The van der Waals surface area contributed by atoms with Crippen molar-refractivity contribution in [1.82, 2.24) is 4.98 Å². The SMILES string of the molecule is CCc1cnc(OC)c(C(N)=O)c1. The molecule has 70 valence electrons. The van der Waals surface area contributed by atoms with Gasteiger partial charge in [-0.15, -0.1) is 0 Å². The smallest absolute Gasteiger partial charge is 0.254 e. The lowest BCUT2D eigenvalue weighted by Crippen LogP contribution is -2.13. The monoisotopic (exact) mass is 180 g/mol. The summed E-state index contributed by atoms with van der Waals surface area (Å²) < 4.78 is 4.89. The van der Waals surface area contributed by atoms with Gasteiger partial charge in [-0.2, -0.15) is 0 Å². The number of hydrogen-bond donors (Lipinski definition) is 1. The minimum Gasteiger partial charge on any atom is -0.480 e. The fourth-order valence-corrected chi connectivity index (χ4v) is 1.03. The molecule has 1 heterocycles. The van der Waals surface area contributed by atoms with Crippen molar-refractivity contribution in [2.24, 2.45) is 5.73 Å². The summed E-state index contributed by atoms with van der Waals surface area (Å²) >= 11 is 0. The van der Waals surface area contributed by atoms with Crippen LogP contribution < -0.4 is 10.5 Å². The largest absolute Gasteiger partial charge is 0.480 e. The van der Waals surface area contributed by atoms with Crippen LogP contribution in [0.2, 0.25) is 0 Å². The Morgan fingerprint density at radius 1 is 1.69 bits per heavy atom. The van der Waals surface area contributed by atoms with E-state index in [1.54, 1.807) is 12.3 Å². The lowest BCUT2D eigenvalue weighted by atomic mass is 10.1. The molecule has 0 fully saturated rings. The van der Waals surface area contributed by atoms with Crippen LogP contribution >= 0.6 is 0 Å². The molecule has 1 aromatic rings. The first kappa shape index (κ1) is 9.51. The van der Waals surface area contributed by atoms with Crippen molar-refractivity contribution >= 4 is 5.91 Å². The van der Waals surface area contributed by atoms with Crippen LogP contribution in [-0.2, 0) is 6.42 Å². The van der Waals surface area contributed by atoms with Crippen LogP contribution in [0.4, 0.5) is 0 Å². The molecule has 1 aromatic heterocycles. The molecule has 0 aliphatic carbocycles. The molecule has 0 bridgehead atoms. The third kappa shape index (κ3) is 1.96. The van der Waals surface area contributed by atoms with Gasteiger partial charge in [0.05, 0.1) is 7.11 Å². The van der Waals surface area contributed by atoms with Gasteiger partial charge < -0.3 is 10.5 Å². The number of primary amides is 1. The Kier molecular flexibility index (Phi) is 2.84. The Bertz CT molecular complexity index is 323. The van der Waals surface area contributed by atoms with Gasteiger partial charge in [-0.3, -0.25) is 4.79 Å². The van der Waals surface area contributed by atoms with Gasteiger partial charge in [0.15, 0.2) is 0 Å². The molecule has 4 nitrogen and oxygen atoms in total. The van der Waals surface area contributed by atoms with Gasteiger partial charge in [0.1, 0.15) is 5.56 Å². The molecule has 0 radical (unpaired) electrons. The van der Waals surface area contributed by atoms with E-state index in [4.69, 9.17) is 10.5 Å². The van der Waals surface area contributed by atoms with Crippen molar-refractivity contribution < 1.29 is 9.53 Å². The van der Waals surface area contributed by atoms with Crippen LogP contribution in [0.25, 0.3) is 0 Å². The van der Waals surface area contributed by atoms with Gasteiger partial charge in [-0.1, -0.05) is 6.92 Å². The number of amides is 1. The number of aromatic nitrogens is 1. The second-order valence-corrected chi connectivity index (χ2v) is 2.62. The topological polar surface area (TPSA) is 65.2 Å². The minimum atomic E-state index is -0.514. The van der Waals surface area contributed by atoms with Gasteiger partial charge >= 0.3 is 0 Å². The minimum absolute atomic E-state index is 0.282. The van der Waals surface area contributed by atoms with Crippen molar-refractivity contribution in [2.45, 2.75) is 13.3 Å². The molecule has 0 saturated carbocycles. The summed E-state index contributed by atoms with van der Waals surface area (Å²) in [6.07, 6.45) is 2.49. The number of rotatable bonds is 3. The molecule has 13 heavy (non-hydrogen) atoms. The van der Waals surface area contributed by atoms with E-state index in [0.29, 0.717) is 5.56 Å². The van der Waals surface area contributed by atoms with Crippen LogP contribution in [0, 0.1) is 0 Å². The van der Waals surface area contributed by atoms with E-state index in [-0.39, 0.29) is 5.88 Å². The summed E-state index contributed by atoms with van der Waals surface area (Å²) in [7, 11) is 1.46. The summed E-state index contributed by atoms with van der Waals surface area (Å²) in [4.78, 5) is 14.9. The number of carbonyl (C=O) groups is 1. The third-order valence-electron chi connectivity index (χ3n) is 1.77. The Morgan fingerprint density at radius 3 is 2.85 bits per heavy atom. The van der Waals surface area contributed by atoms with E-state index in [2.05, 4.69) is 4.98 Å². The van der Waals surface area contributed by atoms with Crippen LogP contribution in [-0.4, -0.2) is 18.0 Å². The second kappa shape index (κ2) is 3.89. The van der Waals surface area contributed by atoms with Gasteiger partial charge in [0, 0.05) is 6.20 Å². The number of aryl methyl sites for hydroxylation is 1. The van der Waals surface area contributed by atoms with Gasteiger partial charge in [-0.05, 0) is 18.1 Å². The summed E-state index contributed by atoms with van der Waals surface area (Å²) in [6.45, 7) is 1.98. The molecule has 0 spiro atoms. The second-order valence-electron chi connectivity index (χ2n) is 2.62. The highest BCUT2D eigenvalue weighted by atomic mass is 16.5. The highest BCUT2D eigenvalue weighted by molar-refractivity contribution is 5.95. The zero-order valence-electron chi connectivity index (χ0n) is 7.70. The first-order valence-corrected chi connectivity index (χ1v) is 4.01. The van der Waals surface area contributed by atoms with Crippen LogP contribution in [0.5, 0.6) is 5.88 Å². The Labute approximate surface area is 76.7 Å². The van der Waals surface area contributed by atoms with Crippen molar-refractivity contribution in [3.63, 3.8) is 0 Å². The molecular weight excluding hydrogens is 168 g/mol. The molecule has 1 rings (SSSR count). The first-order valence-electron chi connectivity index (χ1n) is 4.01. The predicted molar refractivity (Wildman–Crippen MR) is 48.7 cm³/mol. The van der Waals surface area contributed by atoms with Crippen molar-refractivity contribution in [3.05, 3.63) is 23.4 Å². The van der Waals surface area contributed by atoms with E-state index in [1.807, 2.05) is 6.92 Å². The lowest BCUT2D eigenvalue weighted by Gasteiger charge is -2.05. The summed E-state index contributed by atoms with van der Waals surface area (Å²) in [5.41, 5.74) is 6.46. The zero-order valence-corrected chi connectivity index (χ0v) is 7.70. The third-order valence-corrected chi connectivity index (χ3v) is 1.77. The number of pyridine rings is 1. The number of ether oxygens (including phenoxy) is 1. The highest BCUT2D eigenvalue weighted by Gasteiger charge is 2.10. The van der Waals surface area contributed by atoms with E-state index in [1.165, 1.54) is 7.11 Å². The van der Waals surface area contributed by atoms with E-state index >= 15 is 0 Å². The molecule has 0 aliphatic heterocycles. The van der Waals surface area contributed by atoms with Crippen LogP contribution in [0.15, 0.2) is 12.3 Å². The summed E-state index contributed by atoms with van der Waals surface area (Å²) in [5.74, 6) is -0.232. The average Bonchev–Trinajstić information content (AvgIpc) is 2.16. The van der Waals surface area contributed by atoms with Crippen LogP contribution in [0.3, 0.4) is 0 Å². The number of nitrogens with two attached hydrogens (primary N) is 1. The predicted octanol–water partition coefficient (Wildman–Crippen LogP) is 0.752. The quantitative estimate of drug-likeness (QED) is 0.746. The standard InChI is InChI=1S/C9H12N2O2/c1-3-6-4-7(8(10)12)9(13-2)11-5-6/h4-5H,3H2,1-2H3,(H2,10,12). The maximum Gasteiger partial charge on any atom is 0.254 e. The van der Waals surface area contributed by atoms with Gasteiger partial charge in [0.2, 0.25) is 5.88 Å². The summed E-state index contributed by atoms with van der Waals surface area (Å²) in [6, 6.07) is 1.70. The zero-order chi connectivity index (χ0) is 9.84. The molecule has 0 aliphatic rings. The molecule has 0 unspecified atom stereocenters. The van der Waals surface area contributed by atoms with Crippen LogP contribution in [0.1, 0.15) is 22.8 Å². The average molecular weight is 180 g/mol. The lowest BCUT2D eigenvalue weighted by molar-refractivity contribution is 0.0996. The maximum absolute atomic E-state index is 11.0. The Morgan fingerprint density at radius 2 is 2.38 bits per heavy atom. The Balaban J connectivity index is 3.18. The number of hydrogen-bond acceptors (Lipinski definition) is 3. The summed E-state index contributed by atoms with van der Waals surface area (Å²) in [5, 5.41) is 0. The molecule has 0 atom stereocenters. The molecule has 0 aromatic carbocycles. The van der Waals surface area contributed by atoms with Gasteiger partial charge in [-0.25, -0.2) is 4.98 Å². The normalized spacial score (nSPS) is 9.69. The molecule has 2 N–H and O–H groups in total.